The molecule has 0 bridgehead atoms. The number of benzene rings is 1. The Morgan fingerprint density at radius 2 is 2.06 bits per heavy atom. The number of carbonyl (C=O) groups is 1. The number of hydrogen-bond donors (Lipinski definition) is 0. The molecule has 0 fully saturated rings. The lowest BCUT2D eigenvalue weighted by Gasteiger charge is -2.30. The molecule has 1 aromatic carbocycles. The van der Waals surface area contributed by atoms with E-state index in [0.717, 1.165) is 16.2 Å². The Bertz CT molecular complexity index is 1330. The molecule has 176 valence electrons. The molecule has 3 aromatic heterocycles. The molecule has 34 heavy (non-hydrogen) atoms. The Morgan fingerprint density at radius 3 is 2.79 bits per heavy atom. The van der Waals surface area contributed by atoms with Crippen molar-refractivity contribution in [3.8, 4) is 22.8 Å². The number of oxazole rings is 1. The largest absolute Gasteiger partial charge is 0.496 e. The second kappa shape index (κ2) is 8.40. The van der Waals surface area contributed by atoms with Gasteiger partial charge in [0, 0.05) is 24.4 Å². The Kier molecular flexibility index (Phi) is 5.39. The highest BCUT2D eigenvalue weighted by Crippen LogP contribution is 2.35. The molecule has 0 aliphatic carbocycles. The number of ether oxygens (including phenoxy) is 2. The normalized spacial score (nSPS) is 13.9. The molecule has 1 aliphatic rings. The average molecular weight is 472 g/mol. The van der Waals surface area contributed by atoms with Crippen molar-refractivity contribution in [2.45, 2.75) is 19.2 Å². The van der Waals surface area contributed by atoms with Gasteiger partial charge < -0.3 is 18.8 Å². The maximum atomic E-state index is 12.9. The maximum absolute atomic E-state index is 12.9. The van der Waals surface area contributed by atoms with Gasteiger partial charge in [0.1, 0.15) is 30.3 Å². The molecule has 0 radical (unpaired) electrons. The number of halogens is 3. The maximum Gasteiger partial charge on any atom is 0.406 e. The Hall–Kier alpha value is -4.02. The van der Waals surface area contributed by atoms with Crippen molar-refractivity contribution in [1.82, 2.24) is 19.3 Å². The van der Waals surface area contributed by atoms with Crippen LogP contribution in [0.25, 0.3) is 16.9 Å². The van der Waals surface area contributed by atoms with Gasteiger partial charge >= 0.3 is 6.18 Å². The molecule has 0 atom stereocenters. The third-order valence-electron chi connectivity index (χ3n) is 5.57. The standard InChI is InChI=1S/C23H19F3N4O4/c1-32-19-7-15(6-14-2-4-29(12-23(24,25)26)22(31)21(14)19)18-10-28-20-8-16(3-5-30(18)20)33-11-17-9-27-13-34-17/h3,5-10,13H,2,4,11-12H2,1H3. The van der Waals surface area contributed by atoms with Crippen LogP contribution in [-0.4, -0.2) is 51.6 Å². The van der Waals surface area contributed by atoms with E-state index in [0.29, 0.717) is 22.7 Å². The highest BCUT2D eigenvalue weighted by molar-refractivity contribution is 6.00. The summed E-state index contributed by atoms with van der Waals surface area (Å²) in [6, 6.07) is 7.00. The van der Waals surface area contributed by atoms with Crippen LogP contribution in [-0.2, 0) is 13.0 Å². The lowest BCUT2D eigenvalue weighted by atomic mass is 9.94. The first-order valence-electron chi connectivity index (χ1n) is 10.4. The highest BCUT2D eigenvalue weighted by atomic mass is 19.4. The fraction of sp³-hybridized carbons (Fsp3) is 0.261. The van der Waals surface area contributed by atoms with Crippen molar-refractivity contribution in [3.05, 3.63) is 66.1 Å². The van der Waals surface area contributed by atoms with Gasteiger partial charge in [0.05, 0.1) is 30.8 Å². The number of carbonyl (C=O) groups excluding carboxylic acids is 1. The smallest absolute Gasteiger partial charge is 0.406 e. The van der Waals surface area contributed by atoms with Crippen LogP contribution >= 0.6 is 0 Å². The predicted octanol–water partition coefficient (Wildman–Crippen LogP) is 4.14. The van der Waals surface area contributed by atoms with Gasteiger partial charge in [-0.25, -0.2) is 9.97 Å². The summed E-state index contributed by atoms with van der Waals surface area (Å²) in [5.74, 6) is 0.729. The first-order valence-corrected chi connectivity index (χ1v) is 10.4. The van der Waals surface area contributed by atoms with Crippen LogP contribution in [0.15, 0.2) is 53.7 Å². The summed E-state index contributed by atoms with van der Waals surface area (Å²) in [4.78, 5) is 21.9. The summed E-state index contributed by atoms with van der Waals surface area (Å²) in [5, 5.41) is 0. The van der Waals surface area contributed by atoms with Crippen LogP contribution < -0.4 is 9.47 Å². The van der Waals surface area contributed by atoms with Gasteiger partial charge in [-0.1, -0.05) is 0 Å². The van der Waals surface area contributed by atoms with Crippen LogP contribution in [0.5, 0.6) is 11.5 Å². The van der Waals surface area contributed by atoms with E-state index in [2.05, 4.69) is 9.97 Å². The molecule has 1 amide bonds. The number of alkyl halides is 3. The number of rotatable bonds is 6. The molecule has 8 nitrogen and oxygen atoms in total. The number of hydrogen-bond acceptors (Lipinski definition) is 6. The topological polar surface area (TPSA) is 82.1 Å². The third-order valence-corrected chi connectivity index (χ3v) is 5.57. The number of imidazole rings is 1. The fourth-order valence-corrected chi connectivity index (χ4v) is 4.04. The summed E-state index contributed by atoms with van der Waals surface area (Å²) in [7, 11) is 1.39. The quantitative estimate of drug-likeness (QED) is 0.420. The Balaban J connectivity index is 1.45. The molecular weight excluding hydrogens is 453 g/mol. The molecule has 0 saturated carbocycles. The van der Waals surface area contributed by atoms with Crippen molar-refractivity contribution < 1.29 is 31.9 Å². The van der Waals surface area contributed by atoms with E-state index in [4.69, 9.17) is 13.9 Å². The molecule has 0 unspecified atom stereocenters. The number of amides is 1. The molecule has 0 saturated heterocycles. The average Bonchev–Trinajstić information content (AvgIpc) is 3.47. The van der Waals surface area contributed by atoms with Gasteiger partial charge in [-0.2, -0.15) is 13.2 Å². The minimum Gasteiger partial charge on any atom is -0.496 e. The van der Waals surface area contributed by atoms with E-state index < -0.39 is 18.6 Å². The summed E-state index contributed by atoms with van der Waals surface area (Å²) < 4.78 is 56.7. The molecule has 0 N–H and O–H groups in total. The van der Waals surface area contributed by atoms with E-state index in [9.17, 15) is 18.0 Å². The number of aromatic nitrogens is 3. The summed E-state index contributed by atoms with van der Waals surface area (Å²) in [6.07, 6.45) is 2.21. The summed E-state index contributed by atoms with van der Waals surface area (Å²) in [5.41, 5.74) is 2.91. The lowest BCUT2D eigenvalue weighted by molar-refractivity contribution is -0.141. The fourth-order valence-electron chi connectivity index (χ4n) is 4.04. The summed E-state index contributed by atoms with van der Waals surface area (Å²) >= 11 is 0. The molecule has 5 rings (SSSR count). The van der Waals surface area contributed by atoms with Gasteiger partial charge in [0.15, 0.2) is 12.2 Å². The second-order valence-corrected chi connectivity index (χ2v) is 7.80. The zero-order valence-corrected chi connectivity index (χ0v) is 18.0. The van der Waals surface area contributed by atoms with E-state index in [-0.39, 0.29) is 30.9 Å². The van der Waals surface area contributed by atoms with Crippen LogP contribution in [0.2, 0.25) is 0 Å². The van der Waals surface area contributed by atoms with Gasteiger partial charge in [-0.15, -0.1) is 0 Å². The Morgan fingerprint density at radius 1 is 1.21 bits per heavy atom. The number of fused-ring (bicyclic) bond motifs is 2. The van der Waals surface area contributed by atoms with Gasteiger partial charge in [0.25, 0.3) is 5.91 Å². The first kappa shape index (κ1) is 21.8. The number of nitrogens with zero attached hydrogens (tertiary/aromatic N) is 4. The highest BCUT2D eigenvalue weighted by Gasteiger charge is 2.37. The zero-order valence-electron chi connectivity index (χ0n) is 18.0. The van der Waals surface area contributed by atoms with Crippen LogP contribution in [0, 0.1) is 0 Å². The predicted molar refractivity (Wildman–Crippen MR) is 114 cm³/mol. The van der Waals surface area contributed by atoms with E-state index >= 15 is 0 Å². The number of methoxy groups -OCH3 is 1. The SMILES string of the molecule is COc1cc(-c2cnc3cc(OCc4cnco4)ccn23)cc2c1C(=O)N(CC(F)(F)F)CC2. The van der Waals surface area contributed by atoms with Crippen molar-refractivity contribution in [1.29, 1.82) is 0 Å². The van der Waals surface area contributed by atoms with E-state index in [1.807, 2.05) is 4.40 Å². The molecule has 4 aromatic rings. The zero-order chi connectivity index (χ0) is 23.9. The molecule has 1 aliphatic heterocycles. The minimum absolute atomic E-state index is 0.0169. The monoisotopic (exact) mass is 472 g/mol. The van der Waals surface area contributed by atoms with Gasteiger partial charge in [0.2, 0.25) is 0 Å². The number of pyridine rings is 1. The Labute approximate surface area is 191 Å². The van der Waals surface area contributed by atoms with Crippen LogP contribution in [0.1, 0.15) is 21.7 Å². The molecular formula is C23H19F3N4O4. The third kappa shape index (κ3) is 4.16. The van der Waals surface area contributed by atoms with E-state index in [1.54, 1.807) is 42.9 Å². The van der Waals surface area contributed by atoms with Crippen molar-refractivity contribution in [2.75, 3.05) is 20.2 Å². The molecule has 0 spiro atoms. The molecule has 4 heterocycles. The lowest BCUT2D eigenvalue weighted by Crippen LogP contribution is -2.43. The van der Waals surface area contributed by atoms with Crippen molar-refractivity contribution in [3.63, 3.8) is 0 Å². The molecule has 11 heteroatoms. The van der Waals surface area contributed by atoms with Gasteiger partial charge in [-0.3, -0.25) is 9.20 Å². The van der Waals surface area contributed by atoms with Crippen molar-refractivity contribution in [2.24, 2.45) is 0 Å². The van der Waals surface area contributed by atoms with Crippen LogP contribution in [0.3, 0.4) is 0 Å². The second-order valence-electron chi connectivity index (χ2n) is 7.80. The summed E-state index contributed by atoms with van der Waals surface area (Å²) in [6.45, 7) is -1.08. The minimum atomic E-state index is -4.46. The van der Waals surface area contributed by atoms with E-state index in [1.165, 1.54) is 13.5 Å². The van der Waals surface area contributed by atoms with Gasteiger partial charge in [-0.05, 0) is 30.2 Å². The first-order chi connectivity index (χ1) is 16.3. The van der Waals surface area contributed by atoms with Crippen LogP contribution in [0.4, 0.5) is 13.2 Å². The van der Waals surface area contributed by atoms with Crippen molar-refractivity contribution >= 4 is 11.6 Å².